The number of hydrogen-bond donors (Lipinski definition) is 5. The lowest BCUT2D eigenvalue weighted by molar-refractivity contribution is -0.0508. The van der Waals surface area contributed by atoms with Gasteiger partial charge in [0.1, 0.15) is 30.2 Å². The fraction of sp³-hybridized carbons (Fsp3) is 0.500. The highest BCUT2D eigenvalue weighted by Crippen LogP contribution is 2.49. The molecule has 1 aliphatic rings. The molecule has 1 fully saturated rings. The number of nitrogens with two attached hydrogens (primary N) is 1. The van der Waals surface area contributed by atoms with Crippen molar-refractivity contribution >= 4 is 35.2 Å². The number of nitrogens with zero attached hydrogens (tertiary/aromatic N) is 4. The van der Waals surface area contributed by atoms with Gasteiger partial charge in [0, 0.05) is 0 Å². The van der Waals surface area contributed by atoms with Gasteiger partial charge in [-0.1, -0.05) is 0 Å². The molecule has 150 valence electrons. The molecule has 1 unspecified atom stereocenters. The van der Waals surface area contributed by atoms with E-state index in [-0.39, 0.29) is 17.0 Å². The molecule has 0 aromatic carbocycles. The highest BCUT2D eigenvalue weighted by Gasteiger charge is 2.49. The van der Waals surface area contributed by atoms with Gasteiger partial charge in [0.25, 0.3) is 0 Å². The largest absolute Gasteiger partial charge is 0.489 e. The molecule has 3 rings (SSSR count). The van der Waals surface area contributed by atoms with Crippen LogP contribution in [-0.4, -0.2) is 72.5 Å². The van der Waals surface area contributed by atoms with E-state index in [4.69, 9.17) is 15.0 Å². The maximum atomic E-state index is 11.7. The lowest BCUT2D eigenvalue weighted by Crippen LogP contribution is -2.35. The first-order valence-electron chi connectivity index (χ1n) is 7.09. The van der Waals surface area contributed by atoms with Crippen LogP contribution in [0.5, 0.6) is 0 Å². The molecule has 1 saturated heterocycles. The summed E-state index contributed by atoms with van der Waals surface area (Å²) in [5, 5.41) is 19.8. The molecule has 1 aliphatic heterocycles. The molecule has 17 heteroatoms. The molecular formula is C10H14N5O10PS. The van der Waals surface area contributed by atoms with Crippen molar-refractivity contribution in [2.45, 2.75) is 24.5 Å². The Bertz CT molecular complexity index is 997. The minimum Gasteiger partial charge on any atom is -0.394 e. The summed E-state index contributed by atoms with van der Waals surface area (Å²) in [6.45, 7) is -0.770. The van der Waals surface area contributed by atoms with Gasteiger partial charge in [-0.2, -0.15) is 8.42 Å². The van der Waals surface area contributed by atoms with Crippen molar-refractivity contribution in [2.75, 3.05) is 12.3 Å². The third-order valence-electron chi connectivity index (χ3n) is 3.59. The zero-order valence-electron chi connectivity index (χ0n) is 13.1. The number of aliphatic hydroxyl groups is 2. The van der Waals surface area contributed by atoms with Gasteiger partial charge in [0.15, 0.2) is 17.7 Å². The maximum absolute atomic E-state index is 11.7. The number of hydrogen-bond acceptors (Lipinski definition) is 12. The number of fused-ring (bicyclic) bond motifs is 1. The Balaban J connectivity index is 1.90. The first-order valence-corrected chi connectivity index (χ1v) is 9.95. The number of ether oxygens (including phenoxy) is 1. The summed E-state index contributed by atoms with van der Waals surface area (Å²) in [5.74, 6) is 0.0548. The summed E-state index contributed by atoms with van der Waals surface area (Å²) in [6, 6.07) is 0. The zero-order chi connectivity index (χ0) is 20.0. The van der Waals surface area contributed by atoms with Crippen LogP contribution in [0.2, 0.25) is 0 Å². The van der Waals surface area contributed by atoms with Crippen LogP contribution in [0.3, 0.4) is 0 Å². The van der Waals surface area contributed by atoms with Crippen molar-refractivity contribution in [3.8, 4) is 0 Å². The molecule has 0 saturated carbocycles. The van der Waals surface area contributed by atoms with Crippen LogP contribution < -0.4 is 5.73 Å². The standard InChI is InChI=1S/C10H14N5O10PS/c11-8-5-9(13-2-12-8)15(3-14-5)10-6(17)7(4(1-16)23-10)24-26(18,19)25-27(20,21)22/h2-4,6-7,10,16-17H,1H2,(H,18,19)(H2,11,12,13)(H,20,21,22)/t4-,6-,7-,10-/m1/s1. The average molecular weight is 427 g/mol. The topological polar surface area (TPSA) is 229 Å². The summed E-state index contributed by atoms with van der Waals surface area (Å²) >= 11 is 0. The molecule has 2 aromatic rings. The molecular weight excluding hydrogens is 413 g/mol. The predicted octanol–water partition coefficient (Wildman–Crippen LogP) is -2.04. The fourth-order valence-corrected chi connectivity index (χ4v) is 4.23. The SMILES string of the molecule is Nc1ncnc2c1ncn2[C@@H]1O[C@H](CO)[C@@H](OP(=O)(O)OS(=O)(=O)O)[C@H]1O. The summed E-state index contributed by atoms with van der Waals surface area (Å²) in [4.78, 5) is 21.1. The Kier molecular flexibility index (Phi) is 5.19. The Hall–Kier alpha value is -1.75. The van der Waals surface area contributed by atoms with Gasteiger partial charge in [-0.05, 0) is 0 Å². The van der Waals surface area contributed by atoms with Gasteiger partial charge in [0.2, 0.25) is 0 Å². The molecule has 0 amide bonds. The molecule has 6 N–H and O–H groups in total. The number of phosphoric acid groups is 1. The third-order valence-corrected chi connectivity index (χ3v) is 5.61. The quantitative estimate of drug-likeness (QED) is 0.247. The smallest absolute Gasteiger partial charge is 0.394 e. The first-order chi connectivity index (χ1) is 12.5. The van der Waals surface area contributed by atoms with E-state index in [9.17, 15) is 28.1 Å². The van der Waals surface area contributed by atoms with Crippen molar-refractivity contribution in [2.24, 2.45) is 0 Å². The summed E-state index contributed by atoms with van der Waals surface area (Å²) in [7, 11) is -10.7. The van der Waals surface area contributed by atoms with Crippen LogP contribution in [0.15, 0.2) is 12.7 Å². The first kappa shape index (κ1) is 20.0. The van der Waals surface area contributed by atoms with E-state index in [1.165, 1.54) is 10.9 Å². The van der Waals surface area contributed by atoms with E-state index < -0.39 is 49.4 Å². The van der Waals surface area contributed by atoms with E-state index in [2.05, 4.69) is 23.4 Å². The Morgan fingerprint density at radius 1 is 1.37 bits per heavy atom. The van der Waals surface area contributed by atoms with Gasteiger partial charge in [-0.25, -0.2) is 19.5 Å². The number of nitrogen functional groups attached to an aromatic ring is 1. The van der Waals surface area contributed by atoms with Crippen molar-refractivity contribution in [1.82, 2.24) is 19.5 Å². The van der Waals surface area contributed by atoms with E-state index in [1.54, 1.807) is 0 Å². The Morgan fingerprint density at radius 3 is 2.70 bits per heavy atom. The van der Waals surface area contributed by atoms with Crippen molar-refractivity contribution in [3.63, 3.8) is 0 Å². The number of aliphatic hydroxyl groups excluding tert-OH is 2. The predicted molar refractivity (Wildman–Crippen MR) is 84.1 cm³/mol. The summed E-state index contributed by atoms with van der Waals surface area (Å²) in [6.07, 6.45) is -3.70. The molecule has 0 bridgehead atoms. The van der Waals surface area contributed by atoms with Gasteiger partial charge in [0.05, 0.1) is 12.9 Å². The third kappa shape index (κ3) is 4.08. The molecule has 5 atom stereocenters. The van der Waals surface area contributed by atoms with Crippen molar-refractivity contribution in [3.05, 3.63) is 12.7 Å². The second-order valence-corrected chi connectivity index (χ2v) is 7.96. The van der Waals surface area contributed by atoms with Crippen molar-refractivity contribution < 1.29 is 45.9 Å². The normalized spacial score (nSPS) is 28.4. The minimum atomic E-state index is -5.37. The molecule has 0 radical (unpaired) electrons. The van der Waals surface area contributed by atoms with Gasteiger partial charge in [-0.15, -0.1) is 3.97 Å². The second kappa shape index (κ2) is 7.01. The van der Waals surface area contributed by atoms with Gasteiger partial charge < -0.3 is 25.6 Å². The number of imidazole rings is 1. The number of rotatable bonds is 6. The monoisotopic (exact) mass is 427 g/mol. The van der Waals surface area contributed by atoms with Gasteiger partial charge in [-0.3, -0.25) is 13.6 Å². The van der Waals surface area contributed by atoms with Crippen LogP contribution in [0.4, 0.5) is 5.82 Å². The van der Waals surface area contributed by atoms with E-state index in [1.807, 2.05) is 0 Å². The van der Waals surface area contributed by atoms with E-state index in [0.29, 0.717) is 0 Å². The maximum Gasteiger partial charge on any atom is 0.489 e. The Labute approximate surface area is 150 Å². The van der Waals surface area contributed by atoms with Crippen LogP contribution >= 0.6 is 7.82 Å². The molecule has 27 heavy (non-hydrogen) atoms. The van der Waals surface area contributed by atoms with E-state index in [0.717, 1.165) is 6.33 Å². The molecule has 0 aliphatic carbocycles. The van der Waals surface area contributed by atoms with Crippen molar-refractivity contribution in [1.29, 1.82) is 0 Å². The molecule has 0 spiro atoms. The Morgan fingerprint density at radius 2 is 2.07 bits per heavy atom. The number of anilines is 1. The minimum absolute atomic E-state index is 0.0548. The number of aromatic nitrogens is 4. The van der Waals surface area contributed by atoms with Crippen LogP contribution in [0, 0.1) is 0 Å². The summed E-state index contributed by atoms with van der Waals surface area (Å²) < 4.78 is 56.2. The zero-order valence-corrected chi connectivity index (χ0v) is 14.8. The van der Waals surface area contributed by atoms with Gasteiger partial charge >= 0.3 is 18.2 Å². The van der Waals surface area contributed by atoms with Crippen LogP contribution in [-0.2, 0) is 28.2 Å². The number of phosphoric ester groups is 1. The highest BCUT2D eigenvalue weighted by molar-refractivity contribution is 7.85. The second-order valence-electron chi connectivity index (χ2n) is 5.36. The lowest BCUT2D eigenvalue weighted by atomic mass is 10.1. The molecule has 15 nitrogen and oxygen atoms in total. The highest BCUT2D eigenvalue weighted by atomic mass is 32.3. The fourth-order valence-electron chi connectivity index (χ4n) is 2.57. The summed E-state index contributed by atoms with van der Waals surface area (Å²) in [5.41, 5.74) is 6.02. The lowest BCUT2D eigenvalue weighted by Gasteiger charge is -2.21. The van der Waals surface area contributed by atoms with Crippen LogP contribution in [0.1, 0.15) is 6.23 Å². The average Bonchev–Trinajstić information content (AvgIpc) is 3.08. The molecule has 2 aromatic heterocycles. The molecule has 3 heterocycles. The van der Waals surface area contributed by atoms with Crippen LogP contribution in [0.25, 0.3) is 11.2 Å². The van der Waals surface area contributed by atoms with E-state index >= 15 is 0 Å².